The van der Waals surface area contributed by atoms with E-state index < -0.39 is 5.97 Å². The van der Waals surface area contributed by atoms with Gasteiger partial charge in [-0.3, -0.25) is 4.79 Å². The highest BCUT2D eigenvalue weighted by atomic mass is 16.4. The number of aliphatic hydroxyl groups excluding tert-OH is 1. The number of hydrogen-bond donors (Lipinski definition) is 2. The molecule has 1 unspecified atom stereocenters. The third kappa shape index (κ3) is 29.4. The van der Waals surface area contributed by atoms with E-state index in [2.05, 4.69) is 6.92 Å². The number of aliphatic carboxylic acids is 1. The molecule has 0 amide bonds. The Morgan fingerprint density at radius 2 is 0.758 bits per heavy atom. The van der Waals surface area contributed by atoms with Crippen LogP contribution in [-0.2, 0) is 4.79 Å². The van der Waals surface area contributed by atoms with E-state index in [0.717, 1.165) is 25.7 Å². The van der Waals surface area contributed by atoms with Crippen molar-refractivity contribution in [2.45, 2.75) is 186 Å². The number of carboxylic acid groups (broad SMARTS) is 1. The maximum Gasteiger partial charge on any atom is 0.303 e. The van der Waals surface area contributed by atoms with Crippen molar-refractivity contribution < 1.29 is 15.0 Å². The number of hydrogen-bond acceptors (Lipinski definition) is 2. The van der Waals surface area contributed by atoms with Gasteiger partial charge in [0.1, 0.15) is 0 Å². The van der Waals surface area contributed by atoms with Crippen LogP contribution in [0.2, 0.25) is 0 Å². The van der Waals surface area contributed by atoms with Crippen LogP contribution in [0.4, 0.5) is 0 Å². The molecule has 1 atom stereocenters. The molecule has 3 nitrogen and oxygen atoms in total. The standard InChI is InChI=1S/C30H60O3/c1-2-3-23-26-29(31)27-24-21-19-17-15-13-11-9-7-5-4-6-8-10-12-14-16-18-20-22-25-28-30(32)33/h29,31H,2-28H2,1H3,(H,32,33). The fourth-order valence-corrected chi connectivity index (χ4v) is 4.79. The molecule has 0 spiro atoms. The summed E-state index contributed by atoms with van der Waals surface area (Å²) in [5.41, 5.74) is 0. The smallest absolute Gasteiger partial charge is 0.303 e. The summed E-state index contributed by atoms with van der Waals surface area (Å²) in [7, 11) is 0. The van der Waals surface area contributed by atoms with Gasteiger partial charge in [-0.05, 0) is 19.3 Å². The molecule has 198 valence electrons. The van der Waals surface area contributed by atoms with Crippen LogP contribution in [0.25, 0.3) is 0 Å². The van der Waals surface area contributed by atoms with Crippen LogP contribution in [0, 0.1) is 0 Å². The Kier molecular flexibility index (Phi) is 27.2. The van der Waals surface area contributed by atoms with Crippen molar-refractivity contribution in [3.63, 3.8) is 0 Å². The van der Waals surface area contributed by atoms with E-state index in [-0.39, 0.29) is 6.10 Å². The first-order valence-corrected chi connectivity index (χ1v) is 15.1. The van der Waals surface area contributed by atoms with Gasteiger partial charge in [0.25, 0.3) is 0 Å². The molecule has 0 saturated heterocycles. The van der Waals surface area contributed by atoms with E-state index in [1.807, 2.05) is 0 Å². The van der Waals surface area contributed by atoms with Crippen LogP contribution >= 0.6 is 0 Å². The molecule has 0 aromatic carbocycles. The predicted molar refractivity (Wildman–Crippen MR) is 144 cm³/mol. The third-order valence-corrected chi connectivity index (χ3v) is 7.07. The molecule has 0 aromatic heterocycles. The second-order valence-electron chi connectivity index (χ2n) is 10.5. The lowest BCUT2D eigenvalue weighted by Crippen LogP contribution is -2.05. The topological polar surface area (TPSA) is 57.5 Å². The highest BCUT2D eigenvalue weighted by Gasteiger charge is 2.03. The SMILES string of the molecule is CCCCCC(O)CCCCCCCCCCCCCCCCCCCCCCCC(=O)O. The van der Waals surface area contributed by atoms with Crippen LogP contribution in [0.1, 0.15) is 180 Å². The highest BCUT2D eigenvalue weighted by Crippen LogP contribution is 2.16. The van der Waals surface area contributed by atoms with Crippen molar-refractivity contribution in [1.82, 2.24) is 0 Å². The minimum Gasteiger partial charge on any atom is -0.481 e. The molecule has 0 bridgehead atoms. The van der Waals surface area contributed by atoms with Gasteiger partial charge in [0, 0.05) is 6.42 Å². The lowest BCUT2D eigenvalue weighted by Gasteiger charge is -2.09. The van der Waals surface area contributed by atoms with Crippen molar-refractivity contribution in [2.75, 3.05) is 0 Å². The molecular formula is C30H60O3. The van der Waals surface area contributed by atoms with E-state index in [1.165, 1.54) is 141 Å². The van der Waals surface area contributed by atoms with Crippen molar-refractivity contribution in [2.24, 2.45) is 0 Å². The number of carbonyl (C=O) groups is 1. The average Bonchev–Trinajstić information content (AvgIpc) is 2.79. The van der Waals surface area contributed by atoms with Gasteiger partial charge >= 0.3 is 5.97 Å². The summed E-state index contributed by atoms with van der Waals surface area (Å²) in [4.78, 5) is 10.4. The summed E-state index contributed by atoms with van der Waals surface area (Å²) in [6.07, 6.45) is 33.9. The lowest BCUT2D eigenvalue weighted by molar-refractivity contribution is -0.137. The van der Waals surface area contributed by atoms with Crippen LogP contribution in [0.15, 0.2) is 0 Å². The van der Waals surface area contributed by atoms with E-state index in [9.17, 15) is 9.90 Å². The lowest BCUT2D eigenvalue weighted by atomic mass is 10.0. The summed E-state index contributed by atoms with van der Waals surface area (Å²) in [6.45, 7) is 2.22. The Morgan fingerprint density at radius 1 is 0.485 bits per heavy atom. The van der Waals surface area contributed by atoms with Gasteiger partial charge in [-0.1, -0.05) is 155 Å². The van der Waals surface area contributed by atoms with Gasteiger partial charge in [0.2, 0.25) is 0 Å². The Labute approximate surface area is 207 Å². The summed E-state index contributed by atoms with van der Waals surface area (Å²) >= 11 is 0. The molecule has 0 fully saturated rings. The largest absolute Gasteiger partial charge is 0.481 e. The van der Waals surface area contributed by atoms with Crippen molar-refractivity contribution in [3.8, 4) is 0 Å². The molecular weight excluding hydrogens is 408 g/mol. The third-order valence-electron chi connectivity index (χ3n) is 7.07. The first-order valence-electron chi connectivity index (χ1n) is 15.1. The fraction of sp³-hybridized carbons (Fsp3) is 0.967. The second kappa shape index (κ2) is 27.7. The normalized spacial score (nSPS) is 12.3. The molecule has 0 aromatic rings. The van der Waals surface area contributed by atoms with Gasteiger partial charge in [0.05, 0.1) is 6.10 Å². The molecule has 0 rings (SSSR count). The van der Waals surface area contributed by atoms with Gasteiger partial charge in [0.15, 0.2) is 0 Å². The number of unbranched alkanes of at least 4 members (excludes halogenated alkanes) is 22. The van der Waals surface area contributed by atoms with Gasteiger partial charge < -0.3 is 10.2 Å². The molecule has 0 radical (unpaired) electrons. The van der Waals surface area contributed by atoms with E-state index in [1.54, 1.807) is 0 Å². The zero-order valence-electron chi connectivity index (χ0n) is 22.5. The monoisotopic (exact) mass is 468 g/mol. The van der Waals surface area contributed by atoms with Gasteiger partial charge in [-0.25, -0.2) is 0 Å². The number of rotatable bonds is 28. The number of aliphatic hydroxyl groups is 1. The average molecular weight is 469 g/mol. The Bertz CT molecular complexity index is 383. The zero-order valence-corrected chi connectivity index (χ0v) is 22.5. The molecule has 0 saturated carbocycles. The minimum absolute atomic E-state index is 0.0456. The molecule has 33 heavy (non-hydrogen) atoms. The minimum atomic E-state index is -0.655. The van der Waals surface area contributed by atoms with Crippen LogP contribution in [-0.4, -0.2) is 22.3 Å². The molecule has 0 aliphatic rings. The molecule has 0 heterocycles. The highest BCUT2D eigenvalue weighted by molar-refractivity contribution is 5.66. The van der Waals surface area contributed by atoms with Crippen molar-refractivity contribution in [3.05, 3.63) is 0 Å². The van der Waals surface area contributed by atoms with Crippen LogP contribution in [0.3, 0.4) is 0 Å². The first-order chi connectivity index (χ1) is 16.2. The summed E-state index contributed by atoms with van der Waals surface area (Å²) in [5.74, 6) is -0.655. The van der Waals surface area contributed by atoms with Crippen LogP contribution in [0.5, 0.6) is 0 Å². The molecule has 0 aliphatic carbocycles. The zero-order chi connectivity index (χ0) is 24.2. The van der Waals surface area contributed by atoms with Crippen LogP contribution < -0.4 is 0 Å². The predicted octanol–water partition coefficient (Wildman–Crippen LogP) is 9.98. The van der Waals surface area contributed by atoms with E-state index in [4.69, 9.17) is 5.11 Å². The summed E-state index contributed by atoms with van der Waals surface area (Å²) in [6, 6.07) is 0. The maximum absolute atomic E-state index is 10.4. The van der Waals surface area contributed by atoms with E-state index >= 15 is 0 Å². The van der Waals surface area contributed by atoms with E-state index in [0.29, 0.717) is 6.42 Å². The van der Waals surface area contributed by atoms with Gasteiger partial charge in [-0.2, -0.15) is 0 Å². The molecule has 0 aliphatic heterocycles. The van der Waals surface area contributed by atoms with Crippen molar-refractivity contribution >= 4 is 5.97 Å². The first kappa shape index (κ1) is 32.4. The molecule has 3 heteroatoms. The van der Waals surface area contributed by atoms with Crippen molar-refractivity contribution in [1.29, 1.82) is 0 Å². The van der Waals surface area contributed by atoms with Gasteiger partial charge in [-0.15, -0.1) is 0 Å². The Balaban J connectivity index is 3.07. The fourth-order valence-electron chi connectivity index (χ4n) is 4.79. The molecule has 2 N–H and O–H groups in total. The summed E-state index contributed by atoms with van der Waals surface area (Å²) < 4.78 is 0. The Morgan fingerprint density at radius 3 is 1.06 bits per heavy atom. The Hall–Kier alpha value is -0.570. The number of carboxylic acids is 1. The maximum atomic E-state index is 10.4. The quantitative estimate of drug-likeness (QED) is 0.112. The summed E-state index contributed by atoms with van der Waals surface area (Å²) in [5, 5.41) is 18.5. The second-order valence-corrected chi connectivity index (χ2v) is 10.5.